The molecule has 0 aromatic heterocycles. The van der Waals surface area contributed by atoms with E-state index in [1.807, 2.05) is 12.1 Å². The van der Waals surface area contributed by atoms with Crippen molar-refractivity contribution in [3.8, 4) is 5.75 Å². The molecule has 0 radical (unpaired) electrons. The summed E-state index contributed by atoms with van der Waals surface area (Å²) in [4.78, 5) is 0. The van der Waals surface area contributed by atoms with E-state index in [0.29, 0.717) is 0 Å². The third-order valence-electron chi connectivity index (χ3n) is 2.56. The van der Waals surface area contributed by atoms with Crippen LogP contribution in [0.3, 0.4) is 0 Å². The molecule has 0 unspecified atom stereocenters. The van der Waals surface area contributed by atoms with Gasteiger partial charge in [-0.3, -0.25) is 0 Å². The van der Waals surface area contributed by atoms with E-state index in [0.717, 1.165) is 49.2 Å². The largest absolute Gasteiger partial charge is 0.493 e. The van der Waals surface area contributed by atoms with Gasteiger partial charge in [-0.05, 0) is 44.0 Å². The molecule has 0 aliphatic carbocycles. The number of halogens is 1. The van der Waals surface area contributed by atoms with Crippen molar-refractivity contribution in [1.82, 2.24) is 5.32 Å². The Labute approximate surface area is 118 Å². The number of hydrogen-bond acceptors (Lipinski definition) is 3. The molecule has 102 valence electrons. The second-order valence-electron chi connectivity index (χ2n) is 4.21. The van der Waals surface area contributed by atoms with Gasteiger partial charge in [0.05, 0.1) is 6.61 Å². The summed E-state index contributed by atoms with van der Waals surface area (Å²) >= 11 is 3.48. The number of aliphatic hydroxyl groups excluding tert-OH is 1. The summed E-state index contributed by atoms with van der Waals surface area (Å²) in [6.07, 6.45) is 2.86. The maximum Gasteiger partial charge on any atom is 0.123 e. The van der Waals surface area contributed by atoms with Crippen LogP contribution >= 0.6 is 15.9 Å². The van der Waals surface area contributed by atoms with Gasteiger partial charge in [0.25, 0.3) is 0 Å². The summed E-state index contributed by atoms with van der Waals surface area (Å²) in [5, 5.41) is 12.1. The summed E-state index contributed by atoms with van der Waals surface area (Å²) in [7, 11) is 0. The molecule has 1 rings (SSSR count). The molecular formula is C14H22BrNO2. The summed E-state index contributed by atoms with van der Waals surface area (Å²) in [5.41, 5.74) is 1.17. The van der Waals surface area contributed by atoms with Crippen LogP contribution in [0.4, 0.5) is 0 Å². The van der Waals surface area contributed by atoms with Gasteiger partial charge in [0, 0.05) is 23.2 Å². The molecular weight excluding hydrogens is 294 g/mol. The lowest BCUT2D eigenvalue weighted by atomic mass is 10.2. The van der Waals surface area contributed by atoms with Crippen molar-refractivity contribution in [2.24, 2.45) is 0 Å². The summed E-state index contributed by atoms with van der Waals surface area (Å²) in [6, 6.07) is 6.09. The molecule has 2 N–H and O–H groups in total. The van der Waals surface area contributed by atoms with Gasteiger partial charge in [-0.25, -0.2) is 0 Å². The molecule has 0 saturated carbocycles. The van der Waals surface area contributed by atoms with Crippen LogP contribution in [0.25, 0.3) is 0 Å². The molecule has 0 amide bonds. The zero-order chi connectivity index (χ0) is 13.2. The highest BCUT2D eigenvalue weighted by Gasteiger charge is 2.04. The van der Waals surface area contributed by atoms with Crippen molar-refractivity contribution in [3.63, 3.8) is 0 Å². The monoisotopic (exact) mass is 315 g/mol. The molecule has 4 heteroatoms. The van der Waals surface area contributed by atoms with Gasteiger partial charge in [-0.2, -0.15) is 0 Å². The quantitative estimate of drug-likeness (QED) is 0.688. The lowest BCUT2D eigenvalue weighted by molar-refractivity contribution is 0.283. The maximum absolute atomic E-state index is 8.71. The van der Waals surface area contributed by atoms with E-state index >= 15 is 0 Å². The van der Waals surface area contributed by atoms with Crippen LogP contribution in [0.5, 0.6) is 5.75 Å². The Balaban J connectivity index is 2.47. The maximum atomic E-state index is 8.71. The molecule has 0 fully saturated rings. The van der Waals surface area contributed by atoms with Crippen LogP contribution in [-0.2, 0) is 6.54 Å². The zero-order valence-corrected chi connectivity index (χ0v) is 12.5. The lowest BCUT2D eigenvalue weighted by Gasteiger charge is -2.12. The highest BCUT2D eigenvalue weighted by molar-refractivity contribution is 9.10. The Hall–Kier alpha value is -0.580. The van der Waals surface area contributed by atoms with Gasteiger partial charge >= 0.3 is 0 Å². The van der Waals surface area contributed by atoms with Crippen molar-refractivity contribution in [2.75, 3.05) is 19.8 Å². The fourth-order valence-electron chi connectivity index (χ4n) is 1.62. The van der Waals surface area contributed by atoms with Crippen molar-refractivity contribution >= 4 is 15.9 Å². The Kier molecular flexibility index (Phi) is 8.05. The molecule has 0 bridgehead atoms. The minimum atomic E-state index is 0.267. The number of unbranched alkanes of at least 4 members (excludes halogenated alkanes) is 1. The molecule has 18 heavy (non-hydrogen) atoms. The van der Waals surface area contributed by atoms with E-state index in [9.17, 15) is 0 Å². The van der Waals surface area contributed by atoms with Gasteiger partial charge in [-0.15, -0.1) is 0 Å². The van der Waals surface area contributed by atoms with E-state index in [1.165, 1.54) is 5.56 Å². The van der Waals surface area contributed by atoms with Gasteiger partial charge in [0.2, 0.25) is 0 Å². The molecule has 0 aliphatic heterocycles. The van der Waals surface area contributed by atoms with Crippen LogP contribution in [0, 0.1) is 0 Å². The highest BCUT2D eigenvalue weighted by Crippen LogP contribution is 2.23. The van der Waals surface area contributed by atoms with Crippen LogP contribution in [-0.4, -0.2) is 24.9 Å². The fraction of sp³-hybridized carbons (Fsp3) is 0.571. The van der Waals surface area contributed by atoms with E-state index in [1.54, 1.807) is 0 Å². The van der Waals surface area contributed by atoms with Gasteiger partial charge in [0.15, 0.2) is 0 Å². The van der Waals surface area contributed by atoms with Crippen LogP contribution < -0.4 is 10.1 Å². The number of benzene rings is 1. The zero-order valence-electron chi connectivity index (χ0n) is 10.9. The van der Waals surface area contributed by atoms with E-state index in [2.05, 4.69) is 34.2 Å². The molecule has 0 aliphatic rings. The Morgan fingerprint density at radius 2 is 2.17 bits per heavy atom. The smallest absolute Gasteiger partial charge is 0.123 e. The molecule has 1 aromatic rings. The fourth-order valence-corrected chi connectivity index (χ4v) is 2.03. The van der Waals surface area contributed by atoms with E-state index in [4.69, 9.17) is 9.84 Å². The number of ether oxygens (including phenoxy) is 1. The molecule has 0 saturated heterocycles. The average molecular weight is 316 g/mol. The summed E-state index contributed by atoms with van der Waals surface area (Å²) in [5.74, 6) is 0.953. The first kappa shape index (κ1) is 15.5. The average Bonchev–Trinajstić information content (AvgIpc) is 2.37. The first-order chi connectivity index (χ1) is 8.77. The predicted molar refractivity (Wildman–Crippen MR) is 78.0 cm³/mol. The molecule has 0 atom stereocenters. The molecule has 0 spiro atoms. The first-order valence-corrected chi connectivity index (χ1v) is 7.30. The summed E-state index contributed by atoms with van der Waals surface area (Å²) in [6.45, 7) is 4.83. The van der Waals surface area contributed by atoms with Crippen molar-refractivity contribution in [2.45, 2.75) is 32.7 Å². The van der Waals surface area contributed by atoms with Gasteiger partial charge in [-0.1, -0.05) is 22.9 Å². The van der Waals surface area contributed by atoms with E-state index < -0.39 is 0 Å². The van der Waals surface area contributed by atoms with E-state index in [-0.39, 0.29) is 6.61 Å². The van der Waals surface area contributed by atoms with Crippen LogP contribution in [0.2, 0.25) is 0 Å². The Morgan fingerprint density at radius 3 is 2.89 bits per heavy atom. The van der Waals surface area contributed by atoms with Crippen molar-refractivity contribution in [1.29, 1.82) is 0 Å². The van der Waals surface area contributed by atoms with Gasteiger partial charge < -0.3 is 15.2 Å². The molecule has 1 aromatic carbocycles. The minimum absolute atomic E-state index is 0.267. The minimum Gasteiger partial charge on any atom is -0.493 e. The van der Waals surface area contributed by atoms with Crippen molar-refractivity contribution < 1.29 is 9.84 Å². The molecule has 0 heterocycles. The number of rotatable bonds is 9. The number of aliphatic hydroxyl groups is 1. The third kappa shape index (κ3) is 5.85. The van der Waals surface area contributed by atoms with Crippen LogP contribution in [0.1, 0.15) is 31.7 Å². The second-order valence-corrected chi connectivity index (χ2v) is 5.12. The number of hydrogen-bond donors (Lipinski definition) is 2. The second kappa shape index (κ2) is 9.36. The Morgan fingerprint density at radius 1 is 1.33 bits per heavy atom. The third-order valence-corrected chi connectivity index (χ3v) is 3.05. The highest BCUT2D eigenvalue weighted by atomic mass is 79.9. The number of nitrogens with one attached hydrogen (secondary N) is 1. The predicted octanol–water partition coefficient (Wildman–Crippen LogP) is 3.10. The summed E-state index contributed by atoms with van der Waals surface area (Å²) < 4.78 is 6.79. The SMILES string of the molecule is CCCOc1ccc(Br)cc1CNCCCCO. The first-order valence-electron chi connectivity index (χ1n) is 6.50. The Bertz CT molecular complexity index is 345. The lowest BCUT2D eigenvalue weighted by Crippen LogP contribution is -2.16. The normalized spacial score (nSPS) is 10.6. The van der Waals surface area contributed by atoms with Crippen molar-refractivity contribution in [3.05, 3.63) is 28.2 Å². The van der Waals surface area contributed by atoms with Crippen LogP contribution in [0.15, 0.2) is 22.7 Å². The molecule has 3 nitrogen and oxygen atoms in total. The van der Waals surface area contributed by atoms with Gasteiger partial charge in [0.1, 0.15) is 5.75 Å². The topological polar surface area (TPSA) is 41.5 Å². The standard InChI is InChI=1S/C14H22BrNO2/c1-2-9-18-14-6-5-13(15)10-12(14)11-16-7-3-4-8-17/h5-6,10,16-17H,2-4,7-9,11H2,1H3.